The van der Waals surface area contributed by atoms with Gasteiger partial charge in [0.25, 0.3) is 17.6 Å². The van der Waals surface area contributed by atoms with E-state index in [0.717, 1.165) is 122 Å². The molecule has 0 radical (unpaired) electrons. The van der Waals surface area contributed by atoms with E-state index >= 15 is 0 Å². The van der Waals surface area contributed by atoms with Crippen LogP contribution in [0.3, 0.4) is 0 Å². The molecular weight excluding hydrogens is 1200 g/mol. The highest BCUT2D eigenvalue weighted by molar-refractivity contribution is 9.10. The number of hydrogen-bond acceptors (Lipinski definition) is 17. The molecule has 0 aliphatic carbocycles. The van der Waals surface area contributed by atoms with Crippen molar-refractivity contribution in [1.29, 1.82) is 5.26 Å². The van der Waals surface area contributed by atoms with Crippen LogP contribution in [0.25, 0.3) is 0 Å². The SMILES string of the molecule is Brc1cnc2n1CCN(Cc1ccc([C@H]3COc4cccnc4O3)cc1)C2.Brc1cnc2n1CCNC2.C.N#Cc1cnc2n1CCN(Cc1ccc([C@H]3COc4cccnc4O3)cc1)C2.O=Cc1ccc([C@H]2COc3cccnc3O2)cc1.[2H][2H]. The molecule has 6 aliphatic heterocycles. The smallest absolute Gasteiger partial charge is 0.257 e. The standard InChI is InChI=1S/C21H19N5O2.C20H19BrN4O2.C14H11NO3.C6H8BrN3.CH4.H2/c22-10-17-11-24-20-13-25(8-9-26(17)20)12-15-3-5-16(6-4-15)19-14-27-18-2-1-7-23-21(18)28-19;21-18-10-23-19-12-24(8-9-25(18)19)11-14-3-5-15(6-4-14)17-13-26-16-2-1-7-22-20(16)27-17;16-8-10-3-5-11(6-4-10)13-9-17-12-2-1-7-15-14(12)18-13;7-5-3-9-6-4-8-1-2-10(5)6;;/h1-7,11,19H,8-9,12-14H2;1-7,10,17H,8-9,11-13H2;1-8,13H,9H2;3,8H,1-2,4H2;1H4;1H/t19-;17-;13-;;;/m111.../s1/i;;;;;1+1D. The summed E-state index contributed by atoms with van der Waals surface area (Å²) in [7, 11) is 0. The van der Waals surface area contributed by atoms with Gasteiger partial charge in [0.05, 0.1) is 38.2 Å². The Balaban J connectivity index is 0.000000132. The van der Waals surface area contributed by atoms with Crippen molar-refractivity contribution in [2.24, 2.45) is 0 Å². The van der Waals surface area contributed by atoms with Crippen LogP contribution in [0.5, 0.6) is 34.9 Å². The van der Waals surface area contributed by atoms with Crippen LogP contribution in [0.4, 0.5) is 0 Å². The number of carbonyl (C=O) groups is 1. The number of benzene rings is 3. The second-order valence-electron chi connectivity index (χ2n) is 20.2. The first-order valence-electron chi connectivity index (χ1n) is 28.3. The quantitative estimate of drug-likeness (QED) is 0.140. The van der Waals surface area contributed by atoms with Gasteiger partial charge in [0.15, 0.2) is 35.6 Å². The number of hydrogen-bond donors (Lipinski definition) is 1. The summed E-state index contributed by atoms with van der Waals surface area (Å²) >= 11 is 6.97. The first-order valence-corrected chi connectivity index (χ1v) is 28.9. The number of aromatic nitrogens is 9. The summed E-state index contributed by atoms with van der Waals surface area (Å²) in [5, 5.41) is 12.4. The van der Waals surface area contributed by atoms with E-state index in [1.807, 2.05) is 59.4 Å². The molecule has 0 unspecified atom stereocenters. The number of halogens is 2. The van der Waals surface area contributed by atoms with Crippen molar-refractivity contribution in [3.05, 3.63) is 212 Å². The zero-order chi connectivity index (χ0) is 58.5. The molecule has 9 aromatic rings. The summed E-state index contributed by atoms with van der Waals surface area (Å²) in [6.07, 6.45) is 10.8. The van der Waals surface area contributed by atoms with Gasteiger partial charge in [0, 0.05) is 79.5 Å². The monoisotopic (exact) mass is 1260 g/mol. The molecule has 84 heavy (non-hydrogen) atoms. The van der Waals surface area contributed by atoms with E-state index in [2.05, 4.69) is 141 Å². The Labute approximate surface area is 506 Å². The lowest BCUT2D eigenvalue weighted by molar-refractivity contribution is 0.0850. The molecule has 6 aromatic heterocycles. The number of fused-ring (bicyclic) bond motifs is 6. The van der Waals surface area contributed by atoms with Crippen molar-refractivity contribution in [2.75, 3.05) is 39.5 Å². The fourth-order valence-electron chi connectivity index (χ4n) is 10.3. The molecule has 22 heteroatoms. The molecule has 0 fully saturated rings. The Hall–Kier alpha value is -8.46. The third kappa shape index (κ3) is 13.5. The fourth-order valence-corrected chi connectivity index (χ4v) is 11.3. The summed E-state index contributed by atoms with van der Waals surface area (Å²) in [4.78, 5) is 41.0. The minimum Gasteiger partial charge on any atom is -0.484 e. The summed E-state index contributed by atoms with van der Waals surface area (Å²) < 4.78 is 53.4. The van der Waals surface area contributed by atoms with Crippen LogP contribution in [-0.4, -0.2) is 99.1 Å². The van der Waals surface area contributed by atoms with Crippen LogP contribution in [0.15, 0.2) is 156 Å². The number of nitrogens with zero attached hydrogens (tertiary/aromatic N) is 12. The Morgan fingerprint density at radius 1 is 0.560 bits per heavy atom. The second-order valence-corrected chi connectivity index (χ2v) is 21.8. The van der Waals surface area contributed by atoms with Gasteiger partial charge >= 0.3 is 0 Å². The molecule has 6 aliphatic rings. The maximum absolute atomic E-state index is 10.6. The number of carbonyl (C=O) groups excluding carboxylic acids is 1. The predicted octanol–water partition coefficient (Wildman–Crippen LogP) is 10.3. The summed E-state index contributed by atoms with van der Waals surface area (Å²) in [5.74, 6) is 6.88. The van der Waals surface area contributed by atoms with Crippen LogP contribution in [0.2, 0.25) is 0 Å². The van der Waals surface area contributed by atoms with Crippen LogP contribution < -0.4 is 33.7 Å². The number of ether oxygens (including phenoxy) is 6. The fraction of sp³-hybridized carbons (Fsp3) is 0.290. The van der Waals surface area contributed by atoms with Crippen LogP contribution in [0.1, 0.15) is 90.1 Å². The zero-order valence-electron chi connectivity index (χ0n) is 47.0. The lowest BCUT2D eigenvalue weighted by Gasteiger charge is -2.28. The molecule has 3 aromatic carbocycles. The summed E-state index contributed by atoms with van der Waals surface area (Å²) in [5.41, 5.74) is 6.96. The van der Waals surface area contributed by atoms with E-state index in [0.29, 0.717) is 66.0 Å². The third-order valence-electron chi connectivity index (χ3n) is 14.7. The number of nitriles is 1. The summed E-state index contributed by atoms with van der Waals surface area (Å²) in [6.45, 7) is 11.5. The Kier molecular flexibility index (Phi) is 17.9. The molecule has 3 atom stereocenters. The van der Waals surface area contributed by atoms with E-state index in [1.54, 1.807) is 43.0 Å². The van der Waals surface area contributed by atoms with Gasteiger partial charge in [-0.2, -0.15) is 5.26 Å². The molecule has 15 rings (SSSR count). The van der Waals surface area contributed by atoms with E-state index < -0.39 is 0 Å². The third-order valence-corrected chi connectivity index (χ3v) is 16.0. The molecule has 432 valence electrons. The van der Waals surface area contributed by atoms with Gasteiger partial charge in [-0.1, -0.05) is 80.2 Å². The minimum atomic E-state index is -0.187. The minimum absolute atomic E-state index is 0. The van der Waals surface area contributed by atoms with Gasteiger partial charge in [0.1, 0.15) is 64.5 Å². The van der Waals surface area contributed by atoms with Gasteiger partial charge in [-0.25, -0.2) is 29.9 Å². The maximum atomic E-state index is 10.6. The van der Waals surface area contributed by atoms with Crippen molar-refractivity contribution >= 4 is 38.1 Å². The Morgan fingerprint density at radius 3 is 1.45 bits per heavy atom. The molecule has 20 nitrogen and oxygen atoms in total. The van der Waals surface area contributed by atoms with Crippen LogP contribution in [-0.2, 0) is 52.4 Å². The number of rotatable bonds is 8. The van der Waals surface area contributed by atoms with Gasteiger partial charge in [0.2, 0.25) is 0 Å². The maximum Gasteiger partial charge on any atom is 0.257 e. The lowest BCUT2D eigenvalue weighted by Crippen LogP contribution is -2.33. The molecule has 12 heterocycles. The van der Waals surface area contributed by atoms with Crippen molar-refractivity contribution in [3.63, 3.8) is 0 Å². The van der Waals surface area contributed by atoms with Gasteiger partial charge in [-0.05, 0) is 96.1 Å². The summed E-state index contributed by atoms with van der Waals surface area (Å²) in [6, 6.07) is 37.6. The molecule has 0 bridgehead atoms. The molecule has 1 N–H and O–H groups in total. The zero-order valence-corrected chi connectivity index (χ0v) is 48.2. The highest BCUT2D eigenvalue weighted by Crippen LogP contribution is 2.37. The van der Waals surface area contributed by atoms with Gasteiger partial charge < -0.3 is 47.4 Å². The first kappa shape index (κ1) is 56.0. The molecule has 0 amide bonds. The average molecular weight is 1260 g/mol. The normalized spacial score (nSPS) is 18.0. The van der Waals surface area contributed by atoms with E-state index in [1.165, 1.54) is 11.1 Å². The van der Waals surface area contributed by atoms with Crippen LogP contribution in [0, 0.1) is 11.3 Å². The lowest BCUT2D eigenvalue weighted by atomic mass is 10.1. The molecule has 0 saturated heterocycles. The van der Waals surface area contributed by atoms with E-state index in [9.17, 15) is 4.79 Å². The van der Waals surface area contributed by atoms with Crippen molar-refractivity contribution in [1.82, 2.24) is 58.7 Å². The van der Waals surface area contributed by atoms with Crippen molar-refractivity contribution in [2.45, 2.75) is 78.1 Å². The van der Waals surface area contributed by atoms with Crippen molar-refractivity contribution in [3.8, 4) is 41.0 Å². The number of aldehydes is 1. The Morgan fingerprint density at radius 2 is 0.988 bits per heavy atom. The van der Waals surface area contributed by atoms with Gasteiger partial charge in [-0.15, -0.1) is 0 Å². The van der Waals surface area contributed by atoms with Crippen molar-refractivity contribution < 1.29 is 36.2 Å². The largest absolute Gasteiger partial charge is 0.484 e. The highest BCUT2D eigenvalue weighted by atomic mass is 79.9. The Bertz CT molecular complexity index is 3730. The topological polar surface area (TPSA) is 207 Å². The van der Waals surface area contributed by atoms with Crippen LogP contribution >= 0.6 is 31.9 Å². The number of nitrogens with one attached hydrogen (secondary N) is 1. The number of pyridine rings is 3. The molecule has 0 saturated carbocycles. The number of imidazole rings is 3. The predicted molar refractivity (Wildman–Crippen MR) is 320 cm³/mol. The molecular formula is C62H63Br2N13O7. The van der Waals surface area contributed by atoms with Gasteiger partial charge in [-0.3, -0.25) is 14.6 Å². The molecule has 0 spiro atoms. The second kappa shape index (κ2) is 26.8. The van der Waals surface area contributed by atoms with E-state index in [-0.39, 0.29) is 25.7 Å². The van der Waals surface area contributed by atoms with E-state index in [4.69, 9.17) is 36.7 Å². The average Bonchev–Trinajstić information content (AvgIpc) is 3.93. The first-order chi connectivity index (χ1) is 41.8. The highest BCUT2D eigenvalue weighted by Gasteiger charge is 2.27.